The van der Waals surface area contributed by atoms with E-state index in [1.54, 1.807) is 13.2 Å². The maximum atomic E-state index is 12.3. The third-order valence-corrected chi connectivity index (χ3v) is 3.91. The van der Waals surface area contributed by atoms with E-state index in [1.807, 2.05) is 31.2 Å². The Hall–Kier alpha value is -2.29. The van der Waals surface area contributed by atoms with Crippen molar-refractivity contribution < 1.29 is 9.15 Å². The molecule has 2 aromatic carbocycles. The second kappa shape index (κ2) is 4.92. The first-order valence-electron chi connectivity index (χ1n) is 7.07. The fourth-order valence-electron chi connectivity index (χ4n) is 2.85. The number of rotatable bonds is 2. The molecule has 3 heteroatoms. The van der Waals surface area contributed by atoms with E-state index in [9.17, 15) is 4.79 Å². The van der Waals surface area contributed by atoms with Crippen LogP contribution in [0.4, 0.5) is 0 Å². The van der Waals surface area contributed by atoms with E-state index in [4.69, 9.17) is 9.15 Å². The number of benzene rings is 2. The second-order valence-corrected chi connectivity index (χ2v) is 5.63. The third kappa shape index (κ3) is 2.09. The van der Waals surface area contributed by atoms with Crippen LogP contribution < -0.4 is 10.4 Å². The maximum Gasteiger partial charge on any atom is 0.344 e. The van der Waals surface area contributed by atoms with Gasteiger partial charge in [-0.2, -0.15) is 0 Å². The van der Waals surface area contributed by atoms with Gasteiger partial charge in [0.2, 0.25) is 0 Å². The number of methoxy groups -OCH3 is 1. The van der Waals surface area contributed by atoms with Crippen molar-refractivity contribution in [1.29, 1.82) is 0 Å². The fourth-order valence-corrected chi connectivity index (χ4v) is 2.85. The zero-order chi connectivity index (χ0) is 15.1. The Labute approximate surface area is 123 Å². The molecular formula is C18H18O3. The topological polar surface area (TPSA) is 39.4 Å². The minimum Gasteiger partial charge on any atom is -0.497 e. The highest BCUT2D eigenvalue weighted by molar-refractivity contribution is 6.07. The van der Waals surface area contributed by atoms with Gasteiger partial charge >= 0.3 is 5.63 Å². The summed E-state index contributed by atoms with van der Waals surface area (Å²) in [6.45, 7) is 6.19. The summed E-state index contributed by atoms with van der Waals surface area (Å²) in [6, 6.07) is 9.70. The largest absolute Gasteiger partial charge is 0.497 e. The molecule has 0 fully saturated rings. The summed E-state index contributed by atoms with van der Waals surface area (Å²) < 4.78 is 10.9. The molecule has 0 N–H and O–H groups in total. The molecule has 1 heterocycles. The van der Waals surface area contributed by atoms with Crippen LogP contribution in [0, 0.1) is 6.92 Å². The molecule has 0 amide bonds. The van der Waals surface area contributed by atoms with Crippen molar-refractivity contribution in [3.63, 3.8) is 0 Å². The van der Waals surface area contributed by atoms with E-state index in [2.05, 4.69) is 13.8 Å². The van der Waals surface area contributed by atoms with Gasteiger partial charge in [0.15, 0.2) is 0 Å². The van der Waals surface area contributed by atoms with E-state index >= 15 is 0 Å². The SMILES string of the molecule is COc1cc(C(C)C)c2c(c1)oc(=O)c1c(C)cccc12. The first kappa shape index (κ1) is 13.7. The molecule has 0 saturated heterocycles. The van der Waals surface area contributed by atoms with Crippen molar-refractivity contribution in [3.05, 3.63) is 51.9 Å². The van der Waals surface area contributed by atoms with E-state index in [1.165, 1.54) is 0 Å². The van der Waals surface area contributed by atoms with Crippen LogP contribution in [0.5, 0.6) is 5.75 Å². The van der Waals surface area contributed by atoms with Crippen LogP contribution in [0.2, 0.25) is 0 Å². The zero-order valence-electron chi connectivity index (χ0n) is 12.7. The predicted molar refractivity (Wildman–Crippen MR) is 85.4 cm³/mol. The van der Waals surface area contributed by atoms with Crippen molar-refractivity contribution in [2.45, 2.75) is 26.7 Å². The summed E-state index contributed by atoms with van der Waals surface area (Å²) in [7, 11) is 1.62. The lowest BCUT2D eigenvalue weighted by atomic mass is 9.94. The minimum absolute atomic E-state index is 0.293. The molecular weight excluding hydrogens is 264 g/mol. The first-order chi connectivity index (χ1) is 10.0. The summed E-state index contributed by atoms with van der Waals surface area (Å²) >= 11 is 0. The average Bonchev–Trinajstić information content (AvgIpc) is 2.45. The van der Waals surface area contributed by atoms with Crippen molar-refractivity contribution in [2.24, 2.45) is 0 Å². The molecule has 0 aliphatic carbocycles. The Kier molecular flexibility index (Phi) is 3.20. The quantitative estimate of drug-likeness (QED) is 0.517. The van der Waals surface area contributed by atoms with Gasteiger partial charge in [0.05, 0.1) is 12.5 Å². The standard InChI is InChI=1S/C18H18O3/c1-10(2)14-8-12(20-4)9-15-17(14)13-7-5-6-11(3)16(13)18(19)21-15/h5-10H,1-4H3. The minimum atomic E-state index is -0.293. The molecule has 0 bridgehead atoms. The summed E-state index contributed by atoms with van der Waals surface area (Å²) in [5.41, 5.74) is 2.36. The molecule has 3 rings (SSSR count). The molecule has 1 aromatic heterocycles. The van der Waals surface area contributed by atoms with Gasteiger partial charge in [-0.3, -0.25) is 0 Å². The Morgan fingerprint density at radius 3 is 2.57 bits per heavy atom. The van der Waals surface area contributed by atoms with Gasteiger partial charge in [-0.1, -0.05) is 32.0 Å². The van der Waals surface area contributed by atoms with Crippen LogP contribution >= 0.6 is 0 Å². The number of aryl methyl sites for hydroxylation is 1. The summed E-state index contributed by atoms with van der Waals surface area (Å²) in [6.07, 6.45) is 0. The Morgan fingerprint density at radius 2 is 1.90 bits per heavy atom. The fraction of sp³-hybridized carbons (Fsp3) is 0.278. The second-order valence-electron chi connectivity index (χ2n) is 5.63. The monoisotopic (exact) mass is 282 g/mol. The summed E-state index contributed by atoms with van der Waals surface area (Å²) in [4.78, 5) is 12.3. The molecule has 21 heavy (non-hydrogen) atoms. The highest BCUT2D eigenvalue weighted by Gasteiger charge is 2.16. The van der Waals surface area contributed by atoms with Gasteiger partial charge in [0, 0.05) is 16.8 Å². The van der Waals surface area contributed by atoms with Crippen LogP contribution in [0.25, 0.3) is 21.7 Å². The molecule has 0 aliphatic heterocycles. The number of hydrogen-bond donors (Lipinski definition) is 0. The van der Waals surface area contributed by atoms with Crippen LogP contribution in [0.3, 0.4) is 0 Å². The van der Waals surface area contributed by atoms with Crippen molar-refractivity contribution >= 4 is 21.7 Å². The Morgan fingerprint density at radius 1 is 1.14 bits per heavy atom. The van der Waals surface area contributed by atoms with Gasteiger partial charge < -0.3 is 9.15 Å². The van der Waals surface area contributed by atoms with Gasteiger partial charge in [-0.15, -0.1) is 0 Å². The third-order valence-electron chi connectivity index (χ3n) is 3.91. The average molecular weight is 282 g/mol. The molecule has 0 unspecified atom stereocenters. The van der Waals surface area contributed by atoms with Crippen LogP contribution in [-0.4, -0.2) is 7.11 Å². The van der Waals surface area contributed by atoms with E-state index in [0.29, 0.717) is 22.6 Å². The number of hydrogen-bond acceptors (Lipinski definition) is 3. The van der Waals surface area contributed by atoms with Crippen LogP contribution in [0.15, 0.2) is 39.5 Å². The molecule has 108 valence electrons. The lowest BCUT2D eigenvalue weighted by Gasteiger charge is -2.14. The van der Waals surface area contributed by atoms with Crippen LogP contribution in [-0.2, 0) is 0 Å². The normalized spacial score (nSPS) is 11.5. The van der Waals surface area contributed by atoms with Crippen molar-refractivity contribution in [2.75, 3.05) is 7.11 Å². The van der Waals surface area contributed by atoms with Gasteiger partial charge in [0.1, 0.15) is 11.3 Å². The van der Waals surface area contributed by atoms with Crippen molar-refractivity contribution in [3.8, 4) is 5.75 Å². The highest BCUT2D eigenvalue weighted by Crippen LogP contribution is 2.34. The first-order valence-corrected chi connectivity index (χ1v) is 7.07. The molecule has 0 aliphatic rings. The molecule has 0 radical (unpaired) electrons. The van der Waals surface area contributed by atoms with E-state index < -0.39 is 0 Å². The Bertz CT molecular complexity index is 888. The maximum absolute atomic E-state index is 12.3. The van der Waals surface area contributed by atoms with E-state index in [0.717, 1.165) is 21.9 Å². The lowest BCUT2D eigenvalue weighted by Crippen LogP contribution is -2.04. The Balaban J connectivity index is 2.61. The van der Waals surface area contributed by atoms with Gasteiger partial charge in [-0.25, -0.2) is 4.79 Å². The molecule has 0 spiro atoms. The van der Waals surface area contributed by atoms with Gasteiger partial charge in [0.25, 0.3) is 0 Å². The van der Waals surface area contributed by atoms with Gasteiger partial charge in [-0.05, 0) is 30.0 Å². The van der Waals surface area contributed by atoms with Crippen molar-refractivity contribution in [1.82, 2.24) is 0 Å². The molecule has 0 saturated carbocycles. The number of fused-ring (bicyclic) bond motifs is 3. The molecule has 3 aromatic rings. The lowest BCUT2D eigenvalue weighted by molar-refractivity contribution is 0.413. The highest BCUT2D eigenvalue weighted by atomic mass is 16.5. The predicted octanol–water partition coefficient (Wildman–Crippen LogP) is 4.39. The smallest absolute Gasteiger partial charge is 0.344 e. The number of ether oxygens (including phenoxy) is 1. The molecule has 3 nitrogen and oxygen atoms in total. The summed E-state index contributed by atoms with van der Waals surface area (Å²) in [5.74, 6) is 1.01. The zero-order valence-corrected chi connectivity index (χ0v) is 12.7. The summed E-state index contributed by atoms with van der Waals surface area (Å²) in [5, 5.41) is 2.62. The van der Waals surface area contributed by atoms with Crippen LogP contribution in [0.1, 0.15) is 30.9 Å². The van der Waals surface area contributed by atoms with E-state index in [-0.39, 0.29) is 5.63 Å². The molecule has 0 atom stereocenters.